The minimum atomic E-state index is -4.50. The molecule has 0 saturated heterocycles. The molecular formula is C11H3Cl6F7. The lowest BCUT2D eigenvalue weighted by Crippen LogP contribution is -2.49. The Morgan fingerprint density at radius 2 is 1.04 bits per heavy atom. The Bertz CT molecular complexity index is 614. The summed E-state index contributed by atoms with van der Waals surface area (Å²) in [5, 5.41) is -2.26. The zero-order chi connectivity index (χ0) is 19.2. The molecule has 1 unspecified atom stereocenters. The molecule has 0 spiro atoms. The van der Waals surface area contributed by atoms with Crippen LogP contribution in [-0.2, 0) is 0 Å². The van der Waals surface area contributed by atoms with Crippen molar-refractivity contribution in [3.8, 4) is 0 Å². The van der Waals surface area contributed by atoms with Gasteiger partial charge in [-0.3, -0.25) is 0 Å². The van der Waals surface area contributed by atoms with E-state index in [1.54, 1.807) is 0 Å². The first-order valence-corrected chi connectivity index (χ1v) is 7.86. The Morgan fingerprint density at radius 3 is 1.38 bits per heavy atom. The molecule has 1 rings (SSSR count). The zero-order valence-corrected chi connectivity index (χ0v) is 15.2. The molecule has 13 heteroatoms. The first-order chi connectivity index (χ1) is 10.6. The van der Waals surface area contributed by atoms with Gasteiger partial charge in [-0.15, -0.1) is 11.6 Å². The smallest absolute Gasteiger partial charge is 0.203 e. The quantitative estimate of drug-likeness (QED) is 0.184. The van der Waals surface area contributed by atoms with Crippen molar-refractivity contribution in [1.82, 2.24) is 0 Å². The topological polar surface area (TPSA) is 0 Å². The highest BCUT2D eigenvalue weighted by atomic mass is 35.6. The van der Waals surface area contributed by atoms with Gasteiger partial charge < -0.3 is 0 Å². The maximum absolute atomic E-state index is 13.9. The van der Waals surface area contributed by atoms with Crippen LogP contribution in [0.4, 0.5) is 30.7 Å². The van der Waals surface area contributed by atoms with Crippen LogP contribution in [0.25, 0.3) is 0 Å². The van der Waals surface area contributed by atoms with Crippen molar-refractivity contribution in [3.63, 3.8) is 0 Å². The Balaban J connectivity index is 3.34. The van der Waals surface area contributed by atoms with E-state index in [0.29, 0.717) is 0 Å². The van der Waals surface area contributed by atoms with Crippen LogP contribution in [0.1, 0.15) is 17.4 Å². The van der Waals surface area contributed by atoms with Crippen LogP contribution >= 0.6 is 69.6 Å². The summed E-state index contributed by atoms with van der Waals surface area (Å²) in [6.45, 7) is 0. The highest BCUT2D eigenvalue weighted by Crippen LogP contribution is 2.56. The Morgan fingerprint density at radius 1 is 0.708 bits per heavy atom. The van der Waals surface area contributed by atoms with Gasteiger partial charge in [-0.2, -0.15) is 8.78 Å². The molecule has 0 saturated carbocycles. The van der Waals surface area contributed by atoms with Gasteiger partial charge in [0.1, 0.15) is 0 Å². The summed E-state index contributed by atoms with van der Waals surface area (Å²) in [5.74, 6) is -16.2. The lowest BCUT2D eigenvalue weighted by atomic mass is 10.0. The summed E-state index contributed by atoms with van der Waals surface area (Å²) in [4.78, 5) is 0. The number of hydrogen-bond acceptors (Lipinski definition) is 0. The summed E-state index contributed by atoms with van der Waals surface area (Å²) in [6, 6.07) is 0. The van der Waals surface area contributed by atoms with Crippen molar-refractivity contribution in [2.75, 3.05) is 0 Å². The SMILES string of the molecule is Fc1c(F)c(F)c(C(Cl)CC(Cl)(Cl)C(F)(F)C(Cl)(Cl)Cl)c(F)c1F. The Hall–Kier alpha value is 0.470. The van der Waals surface area contributed by atoms with E-state index in [4.69, 9.17) is 69.6 Å². The average molecular weight is 481 g/mol. The average Bonchev–Trinajstić information content (AvgIpc) is 2.41. The van der Waals surface area contributed by atoms with Crippen molar-refractivity contribution in [2.24, 2.45) is 0 Å². The van der Waals surface area contributed by atoms with Crippen LogP contribution in [0.2, 0.25) is 0 Å². The van der Waals surface area contributed by atoms with E-state index >= 15 is 0 Å². The summed E-state index contributed by atoms with van der Waals surface area (Å²) in [6.07, 6.45) is -1.42. The maximum atomic E-state index is 13.9. The fourth-order valence-corrected chi connectivity index (χ4v) is 3.51. The largest absolute Gasteiger partial charge is 0.326 e. The summed E-state index contributed by atoms with van der Waals surface area (Å²) in [5.41, 5.74) is -1.60. The van der Waals surface area contributed by atoms with Crippen molar-refractivity contribution >= 4 is 69.6 Å². The van der Waals surface area contributed by atoms with Gasteiger partial charge in [0.25, 0.3) is 3.79 Å². The van der Waals surface area contributed by atoms with E-state index in [0.717, 1.165) is 0 Å². The van der Waals surface area contributed by atoms with Crippen molar-refractivity contribution in [1.29, 1.82) is 0 Å². The number of hydrogen-bond donors (Lipinski definition) is 0. The highest BCUT2D eigenvalue weighted by Gasteiger charge is 2.64. The number of benzene rings is 1. The fourth-order valence-electron chi connectivity index (χ4n) is 1.56. The van der Waals surface area contributed by atoms with Crippen LogP contribution in [0.3, 0.4) is 0 Å². The van der Waals surface area contributed by atoms with Gasteiger partial charge in [-0.25, -0.2) is 22.0 Å². The van der Waals surface area contributed by atoms with Crippen LogP contribution in [0, 0.1) is 29.1 Å². The molecule has 0 N–H and O–H groups in total. The van der Waals surface area contributed by atoms with Crippen LogP contribution in [0.15, 0.2) is 0 Å². The summed E-state index contributed by atoms with van der Waals surface area (Å²) < 4.78 is 87.5. The van der Waals surface area contributed by atoms with Crippen LogP contribution in [-0.4, -0.2) is 14.0 Å². The van der Waals surface area contributed by atoms with Gasteiger partial charge in [-0.05, 0) is 0 Å². The highest BCUT2D eigenvalue weighted by molar-refractivity contribution is 6.69. The van der Waals surface area contributed by atoms with E-state index in [1.807, 2.05) is 0 Å². The second-order valence-corrected chi connectivity index (χ2v) is 8.72. The Kier molecular flexibility index (Phi) is 6.79. The van der Waals surface area contributed by atoms with E-state index in [9.17, 15) is 30.7 Å². The van der Waals surface area contributed by atoms with Gasteiger partial charge >= 0.3 is 5.92 Å². The molecule has 0 heterocycles. The molecule has 1 aromatic carbocycles. The van der Waals surface area contributed by atoms with Crippen molar-refractivity contribution < 1.29 is 30.7 Å². The lowest BCUT2D eigenvalue weighted by Gasteiger charge is -2.35. The molecular weight excluding hydrogens is 478 g/mol. The van der Waals surface area contributed by atoms with Crippen LogP contribution < -0.4 is 0 Å². The lowest BCUT2D eigenvalue weighted by molar-refractivity contribution is -0.0151. The number of alkyl halides is 8. The maximum Gasteiger partial charge on any atom is 0.326 e. The molecule has 0 aliphatic heterocycles. The zero-order valence-electron chi connectivity index (χ0n) is 10.7. The Labute approximate surface area is 160 Å². The molecule has 138 valence electrons. The molecule has 0 aromatic heterocycles. The van der Waals surface area contributed by atoms with E-state index < -0.39 is 60.5 Å². The van der Waals surface area contributed by atoms with Crippen molar-refractivity contribution in [3.05, 3.63) is 34.6 Å². The molecule has 0 nitrogen and oxygen atoms in total. The van der Waals surface area contributed by atoms with E-state index in [-0.39, 0.29) is 0 Å². The van der Waals surface area contributed by atoms with Gasteiger partial charge in [0.05, 0.1) is 5.38 Å². The summed E-state index contributed by atoms with van der Waals surface area (Å²) >= 11 is 31.2. The summed E-state index contributed by atoms with van der Waals surface area (Å²) in [7, 11) is 0. The molecule has 24 heavy (non-hydrogen) atoms. The van der Waals surface area contributed by atoms with Gasteiger partial charge in [0.15, 0.2) is 27.6 Å². The number of rotatable bonds is 4. The monoisotopic (exact) mass is 478 g/mol. The second kappa shape index (κ2) is 7.24. The minimum Gasteiger partial charge on any atom is -0.203 e. The van der Waals surface area contributed by atoms with Gasteiger partial charge in [0, 0.05) is 12.0 Å². The minimum absolute atomic E-state index is 1.42. The molecule has 0 radical (unpaired) electrons. The predicted molar refractivity (Wildman–Crippen MR) is 79.1 cm³/mol. The molecule has 0 amide bonds. The first-order valence-electron chi connectivity index (χ1n) is 5.54. The molecule has 0 aliphatic rings. The normalized spacial score (nSPS) is 14.9. The van der Waals surface area contributed by atoms with Crippen molar-refractivity contribution in [2.45, 2.75) is 25.8 Å². The fraction of sp³-hybridized carbons (Fsp3) is 0.455. The van der Waals surface area contributed by atoms with Gasteiger partial charge in [-0.1, -0.05) is 58.0 Å². The molecule has 1 aromatic rings. The van der Waals surface area contributed by atoms with Gasteiger partial charge in [0.2, 0.25) is 5.82 Å². The van der Waals surface area contributed by atoms with E-state index in [2.05, 4.69) is 0 Å². The molecule has 0 bridgehead atoms. The third-order valence-corrected chi connectivity index (χ3v) is 4.68. The molecule has 1 atom stereocenters. The third-order valence-electron chi connectivity index (χ3n) is 2.81. The van der Waals surface area contributed by atoms with Crippen LogP contribution in [0.5, 0.6) is 0 Å². The first kappa shape index (κ1) is 22.5. The third kappa shape index (κ3) is 3.91. The number of halogens is 13. The second-order valence-electron chi connectivity index (χ2n) is 4.43. The van der Waals surface area contributed by atoms with E-state index in [1.165, 1.54) is 0 Å². The predicted octanol–water partition coefficient (Wildman–Crippen LogP) is 7.23. The molecule has 0 aliphatic carbocycles. The standard InChI is InChI=1S/C11H3Cl6F7/c12-2(1-9(13,14)10(23,24)11(15,16)17)3-4(18)6(20)8(22)7(21)5(3)19/h2H,1H2. The molecule has 0 fully saturated rings.